The lowest BCUT2D eigenvalue weighted by Crippen LogP contribution is -2.12. The van der Waals surface area contributed by atoms with Gasteiger partial charge in [0, 0.05) is 5.02 Å². The molecule has 25 heavy (non-hydrogen) atoms. The van der Waals surface area contributed by atoms with Gasteiger partial charge in [-0.2, -0.15) is 0 Å². The molecule has 0 spiro atoms. The number of hydrogen-bond donors (Lipinski definition) is 1. The summed E-state index contributed by atoms with van der Waals surface area (Å²) in [6, 6.07) is 12.4. The number of furan rings is 1. The summed E-state index contributed by atoms with van der Waals surface area (Å²) in [6.45, 7) is 0.0600. The first-order valence-corrected chi connectivity index (χ1v) is 7.62. The third-order valence-electron chi connectivity index (χ3n) is 3.26. The van der Waals surface area contributed by atoms with E-state index < -0.39 is 11.7 Å². The maximum Gasteiger partial charge on any atom is 0.291 e. The van der Waals surface area contributed by atoms with Crippen LogP contribution in [0.5, 0.6) is 5.75 Å². The van der Waals surface area contributed by atoms with E-state index in [1.807, 2.05) is 0 Å². The normalized spacial score (nSPS) is 10.5. The summed E-state index contributed by atoms with van der Waals surface area (Å²) >= 11 is 5.78. The van der Waals surface area contributed by atoms with E-state index in [-0.39, 0.29) is 23.9 Å². The first-order chi connectivity index (χ1) is 12.0. The SMILES string of the molecule is O=C(Nc1cc(Cl)ccc1F)c1ccc(COc2ccc(F)cc2)o1. The van der Waals surface area contributed by atoms with Crippen molar-refractivity contribution in [1.82, 2.24) is 0 Å². The Kier molecular flexibility index (Phi) is 5.00. The highest BCUT2D eigenvalue weighted by atomic mass is 35.5. The minimum Gasteiger partial charge on any atom is -0.486 e. The number of halogens is 3. The van der Waals surface area contributed by atoms with Crippen LogP contribution in [0, 0.1) is 11.6 Å². The van der Waals surface area contributed by atoms with Gasteiger partial charge in [-0.05, 0) is 54.6 Å². The number of rotatable bonds is 5. The maximum atomic E-state index is 13.6. The van der Waals surface area contributed by atoms with Crippen molar-refractivity contribution in [3.63, 3.8) is 0 Å². The monoisotopic (exact) mass is 363 g/mol. The molecule has 0 saturated carbocycles. The minimum absolute atomic E-state index is 0.00270. The van der Waals surface area contributed by atoms with Crippen molar-refractivity contribution < 1.29 is 22.7 Å². The van der Waals surface area contributed by atoms with Gasteiger partial charge in [0.15, 0.2) is 5.76 Å². The molecule has 0 unspecified atom stereocenters. The molecule has 2 aromatic carbocycles. The van der Waals surface area contributed by atoms with Crippen LogP contribution in [0.1, 0.15) is 16.3 Å². The van der Waals surface area contributed by atoms with Gasteiger partial charge in [-0.1, -0.05) is 11.6 Å². The fourth-order valence-corrected chi connectivity index (χ4v) is 2.21. The van der Waals surface area contributed by atoms with Crippen LogP contribution < -0.4 is 10.1 Å². The molecule has 4 nitrogen and oxygen atoms in total. The molecule has 1 N–H and O–H groups in total. The Morgan fingerprint density at radius 2 is 1.84 bits per heavy atom. The Bertz CT molecular complexity index is 894. The van der Waals surface area contributed by atoms with Crippen LogP contribution in [0.4, 0.5) is 14.5 Å². The Morgan fingerprint density at radius 1 is 1.08 bits per heavy atom. The fourth-order valence-electron chi connectivity index (χ4n) is 2.04. The van der Waals surface area contributed by atoms with E-state index in [0.717, 1.165) is 6.07 Å². The van der Waals surface area contributed by atoms with Crippen LogP contribution in [-0.2, 0) is 6.61 Å². The van der Waals surface area contributed by atoms with E-state index >= 15 is 0 Å². The summed E-state index contributed by atoms with van der Waals surface area (Å²) in [5.74, 6) is -0.737. The van der Waals surface area contributed by atoms with Gasteiger partial charge >= 0.3 is 0 Å². The number of anilines is 1. The number of carbonyl (C=O) groups is 1. The lowest BCUT2D eigenvalue weighted by atomic mass is 10.3. The summed E-state index contributed by atoms with van der Waals surface area (Å²) in [5, 5.41) is 2.68. The zero-order valence-electron chi connectivity index (χ0n) is 12.8. The molecule has 0 radical (unpaired) electrons. The number of benzene rings is 2. The highest BCUT2D eigenvalue weighted by Gasteiger charge is 2.14. The summed E-state index contributed by atoms with van der Waals surface area (Å²) < 4.78 is 37.2. The molecular weight excluding hydrogens is 352 g/mol. The van der Waals surface area contributed by atoms with Crippen molar-refractivity contribution in [2.24, 2.45) is 0 Å². The smallest absolute Gasteiger partial charge is 0.291 e. The van der Waals surface area contributed by atoms with E-state index in [1.54, 1.807) is 6.07 Å². The Labute approximate surface area is 147 Å². The molecular formula is C18H12ClF2NO3. The molecule has 128 valence electrons. The van der Waals surface area contributed by atoms with Crippen molar-refractivity contribution in [3.8, 4) is 5.75 Å². The molecule has 0 bridgehead atoms. The predicted molar refractivity (Wildman–Crippen MR) is 88.8 cm³/mol. The fraction of sp³-hybridized carbons (Fsp3) is 0.0556. The van der Waals surface area contributed by atoms with Gasteiger partial charge in [0.2, 0.25) is 0 Å². The quantitative estimate of drug-likeness (QED) is 0.690. The summed E-state index contributed by atoms with van der Waals surface area (Å²) in [6.07, 6.45) is 0. The van der Waals surface area contributed by atoms with E-state index in [0.29, 0.717) is 16.5 Å². The number of nitrogens with one attached hydrogen (secondary N) is 1. The topological polar surface area (TPSA) is 51.5 Å². The molecule has 7 heteroatoms. The van der Waals surface area contributed by atoms with Crippen molar-refractivity contribution in [2.75, 3.05) is 5.32 Å². The predicted octanol–water partition coefficient (Wildman–Crippen LogP) is 5.04. The van der Waals surface area contributed by atoms with Crippen LogP contribution >= 0.6 is 11.6 Å². The summed E-state index contributed by atoms with van der Waals surface area (Å²) in [5.41, 5.74) is -0.0435. The van der Waals surface area contributed by atoms with Crippen molar-refractivity contribution in [1.29, 1.82) is 0 Å². The number of carbonyl (C=O) groups excluding carboxylic acids is 1. The van der Waals surface area contributed by atoms with Crippen LogP contribution in [0.2, 0.25) is 5.02 Å². The molecule has 0 atom stereocenters. The van der Waals surface area contributed by atoms with Gasteiger partial charge in [0.1, 0.15) is 29.8 Å². The van der Waals surface area contributed by atoms with Gasteiger partial charge in [0.05, 0.1) is 5.69 Å². The molecule has 1 heterocycles. The molecule has 3 rings (SSSR count). The molecule has 0 fully saturated rings. The number of hydrogen-bond acceptors (Lipinski definition) is 3. The standard InChI is InChI=1S/C18H12ClF2NO3/c19-11-1-7-15(21)16(9-11)22-18(23)17-8-6-14(25-17)10-24-13-4-2-12(20)3-5-13/h1-9H,10H2,(H,22,23). The second-order valence-electron chi connectivity index (χ2n) is 5.09. The number of amides is 1. The minimum atomic E-state index is -0.616. The van der Waals surface area contributed by atoms with E-state index in [4.69, 9.17) is 20.8 Å². The Balaban J connectivity index is 1.63. The highest BCUT2D eigenvalue weighted by molar-refractivity contribution is 6.31. The van der Waals surface area contributed by atoms with Gasteiger partial charge < -0.3 is 14.5 Å². The largest absolute Gasteiger partial charge is 0.486 e. The van der Waals surface area contributed by atoms with Crippen LogP contribution in [0.3, 0.4) is 0 Å². The number of ether oxygens (including phenoxy) is 1. The third-order valence-corrected chi connectivity index (χ3v) is 3.49. The van der Waals surface area contributed by atoms with E-state index in [2.05, 4.69) is 5.32 Å². The molecule has 0 aliphatic carbocycles. The highest BCUT2D eigenvalue weighted by Crippen LogP contribution is 2.21. The molecule has 0 aliphatic heterocycles. The third kappa shape index (κ3) is 4.36. The van der Waals surface area contributed by atoms with Crippen LogP contribution in [0.15, 0.2) is 59.0 Å². The zero-order valence-corrected chi connectivity index (χ0v) is 13.5. The molecule has 0 saturated heterocycles. The van der Waals surface area contributed by atoms with Crippen molar-refractivity contribution >= 4 is 23.2 Å². The van der Waals surface area contributed by atoms with Gasteiger partial charge in [-0.15, -0.1) is 0 Å². The second kappa shape index (κ2) is 7.36. The molecule has 3 aromatic rings. The molecule has 1 aromatic heterocycles. The van der Waals surface area contributed by atoms with E-state index in [1.165, 1.54) is 42.5 Å². The van der Waals surface area contributed by atoms with Gasteiger partial charge in [-0.25, -0.2) is 8.78 Å². The molecule has 0 aliphatic rings. The van der Waals surface area contributed by atoms with Gasteiger partial charge in [0.25, 0.3) is 5.91 Å². The van der Waals surface area contributed by atoms with Crippen molar-refractivity contribution in [2.45, 2.75) is 6.61 Å². The lowest BCUT2D eigenvalue weighted by Gasteiger charge is -2.05. The molecule has 1 amide bonds. The lowest BCUT2D eigenvalue weighted by molar-refractivity contribution is 0.0992. The second-order valence-corrected chi connectivity index (χ2v) is 5.52. The van der Waals surface area contributed by atoms with Crippen molar-refractivity contribution in [3.05, 3.63) is 82.8 Å². The van der Waals surface area contributed by atoms with Crippen LogP contribution in [0.25, 0.3) is 0 Å². The maximum absolute atomic E-state index is 13.6. The average Bonchev–Trinajstić information content (AvgIpc) is 3.07. The zero-order chi connectivity index (χ0) is 17.8. The average molecular weight is 364 g/mol. The first kappa shape index (κ1) is 17.0. The van der Waals surface area contributed by atoms with E-state index in [9.17, 15) is 13.6 Å². The summed E-state index contributed by atoms with van der Waals surface area (Å²) in [7, 11) is 0. The van der Waals surface area contributed by atoms with Crippen LogP contribution in [-0.4, -0.2) is 5.91 Å². The Morgan fingerprint density at radius 3 is 2.60 bits per heavy atom. The summed E-state index contributed by atoms with van der Waals surface area (Å²) in [4.78, 5) is 12.1. The van der Waals surface area contributed by atoms with Gasteiger partial charge in [-0.3, -0.25) is 4.79 Å². The first-order valence-electron chi connectivity index (χ1n) is 7.25. The Hall–Kier alpha value is -2.86.